The lowest BCUT2D eigenvalue weighted by Crippen LogP contribution is -2.42. The van der Waals surface area contributed by atoms with Crippen LogP contribution in [-0.2, 0) is 11.2 Å². The molecule has 108 valence electrons. The second kappa shape index (κ2) is 5.72. The van der Waals surface area contributed by atoms with Crippen molar-refractivity contribution in [3.05, 3.63) is 65.7 Å². The second-order valence-electron chi connectivity index (χ2n) is 5.92. The number of hydrogen-bond acceptors (Lipinski definition) is 1. The van der Waals surface area contributed by atoms with Crippen molar-refractivity contribution in [3.63, 3.8) is 0 Å². The smallest absolute Gasteiger partial charge is 0.224 e. The van der Waals surface area contributed by atoms with Gasteiger partial charge in [-0.25, -0.2) is 0 Å². The van der Waals surface area contributed by atoms with Crippen LogP contribution in [0.1, 0.15) is 37.3 Å². The Bertz CT molecular complexity index is 635. The zero-order chi connectivity index (χ0) is 14.8. The Morgan fingerprint density at radius 2 is 1.76 bits per heavy atom. The van der Waals surface area contributed by atoms with Crippen molar-refractivity contribution in [1.29, 1.82) is 0 Å². The highest BCUT2D eigenvalue weighted by atomic mass is 16.2. The molecule has 3 rings (SSSR count). The van der Waals surface area contributed by atoms with Gasteiger partial charge in [0.15, 0.2) is 0 Å². The molecule has 0 aromatic heterocycles. The molecule has 1 heterocycles. The maximum absolute atomic E-state index is 12.0. The highest BCUT2D eigenvalue weighted by molar-refractivity contribution is 5.93. The van der Waals surface area contributed by atoms with Gasteiger partial charge in [-0.2, -0.15) is 0 Å². The largest absolute Gasteiger partial charge is 0.310 e. The maximum Gasteiger partial charge on any atom is 0.224 e. The predicted molar refractivity (Wildman–Crippen MR) is 86.6 cm³/mol. The third-order valence-electron chi connectivity index (χ3n) is 4.37. The van der Waals surface area contributed by atoms with E-state index >= 15 is 0 Å². The molecule has 0 spiro atoms. The van der Waals surface area contributed by atoms with Crippen molar-refractivity contribution in [1.82, 2.24) is 0 Å². The fraction of sp³-hybridized carbons (Fsp3) is 0.316. The molecule has 2 nitrogen and oxygen atoms in total. The van der Waals surface area contributed by atoms with Crippen LogP contribution in [0.25, 0.3) is 0 Å². The number of carbonyl (C=O) groups excluding carboxylic acids is 1. The average Bonchev–Trinajstić information content (AvgIpc) is 2.48. The van der Waals surface area contributed by atoms with Gasteiger partial charge < -0.3 is 4.90 Å². The van der Waals surface area contributed by atoms with Gasteiger partial charge in [-0.3, -0.25) is 4.79 Å². The Kier molecular flexibility index (Phi) is 3.78. The molecule has 0 N–H and O–H groups in total. The number of nitrogens with zero attached hydrogens (tertiary/aromatic N) is 1. The van der Waals surface area contributed by atoms with Crippen LogP contribution in [0, 0.1) is 0 Å². The Morgan fingerprint density at radius 3 is 2.48 bits per heavy atom. The molecule has 1 aliphatic rings. The van der Waals surface area contributed by atoms with Crippen LogP contribution >= 0.6 is 0 Å². The van der Waals surface area contributed by atoms with Crippen molar-refractivity contribution < 1.29 is 4.79 Å². The lowest BCUT2D eigenvalue weighted by Gasteiger charge is -2.39. The highest BCUT2D eigenvalue weighted by Crippen LogP contribution is 2.40. The van der Waals surface area contributed by atoms with E-state index in [4.69, 9.17) is 0 Å². The molecule has 0 saturated carbocycles. The fourth-order valence-corrected chi connectivity index (χ4v) is 3.51. The highest BCUT2D eigenvalue weighted by Gasteiger charge is 2.31. The third-order valence-corrected chi connectivity index (χ3v) is 4.37. The van der Waals surface area contributed by atoms with Crippen LogP contribution < -0.4 is 4.90 Å². The molecular weight excluding hydrogens is 258 g/mol. The second-order valence-corrected chi connectivity index (χ2v) is 5.92. The molecule has 0 bridgehead atoms. The van der Waals surface area contributed by atoms with E-state index in [-0.39, 0.29) is 11.9 Å². The molecule has 0 aliphatic carbocycles. The summed E-state index contributed by atoms with van der Waals surface area (Å²) in [5.74, 6) is 0.613. The van der Waals surface area contributed by atoms with E-state index in [0.717, 1.165) is 18.5 Å². The first kappa shape index (κ1) is 13.9. The van der Waals surface area contributed by atoms with Gasteiger partial charge in [-0.05, 0) is 42.9 Å². The van der Waals surface area contributed by atoms with Crippen molar-refractivity contribution >= 4 is 11.6 Å². The van der Waals surface area contributed by atoms with Crippen molar-refractivity contribution in [3.8, 4) is 0 Å². The summed E-state index contributed by atoms with van der Waals surface area (Å²) in [6.45, 7) is 3.81. The number of rotatable bonds is 2. The topological polar surface area (TPSA) is 20.3 Å². The summed E-state index contributed by atoms with van der Waals surface area (Å²) in [5, 5.41) is 0. The Morgan fingerprint density at radius 1 is 1.10 bits per heavy atom. The average molecular weight is 279 g/mol. The molecule has 1 aliphatic heterocycles. The molecule has 1 amide bonds. The first-order valence-corrected chi connectivity index (χ1v) is 7.59. The minimum atomic E-state index is 0.133. The van der Waals surface area contributed by atoms with Gasteiger partial charge in [0.2, 0.25) is 5.91 Å². The number of amides is 1. The molecule has 2 aromatic rings. The normalized spacial score (nSPS) is 21.0. The summed E-state index contributed by atoms with van der Waals surface area (Å²) in [6.07, 6.45) is 2.05. The molecule has 0 fully saturated rings. The van der Waals surface area contributed by atoms with Crippen LogP contribution in [0.5, 0.6) is 0 Å². The molecule has 2 aromatic carbocycles. The summed E-state index contributed by atoms with van der Waals surface area (Å²) >= 11 is 0. The molecular formula is C19H21NO. The number of para-hydroxylation sites is 1. The molecule has 2 heteroatoms. The minimum absolute atomic E-state index is 0.133. The number of carbonyl (C=O) groups is 1. The van der Waals surface area contributed by atoms with E-state index in [9.17, 15) is 4.79 Å². The summed E-state index contributed by atoms with van der Waals surface area (Å²) < 4.78 is 0. The van der Waals surface area contributed by atoms with Crippen LogP contribution in [0.3, 0.4) is 0 Å². The molecule has 21 heavy (non-hydrogen) atoms. The number of hydrogen-bond donors (Lipinski definition) is 0. The van der Waals surface area contributed by atoms with E-state index in [1.54, 1.807) is 6.92 Å². The van der Waals surface area contributed by atoms with E-state index < -0.39 is 0 Å². The van der Waals surface area contributed by atoms with E-state index in [2.05, 4.69) is 55.5 Å². The van der Waals surface area contributed by atoms with Gasteiger partial charge in [0.05, 0.1) is 0 Å². The van der Waals surface area contributed by atoms with Gasteiger partial charge in [0.25, 0.3) is 0 Å². The Labute approximate surface area is 126 Å². The van der Waals surface area contributed by atoms with Crippen molar-refractivity contribution in [2.45, 2.75) is 38.6 Å². The van der Waals surface area contributed by atoms with Crippen LogP contribution in [0.2, 0.25) is 0 Å². The number of anilines is 1. The third kappa shape index (κ3) is 2.71. The van der Waals surface area contributed by atoms with Gasteiger partial charge in [-0.1, -0.05) is 48.5 Å². The lowest BCUT2D eigenvalue weighted by atomic mass is 9.82. The first-order valence-electron chi connectivity index (χ1n) is 7.59. The standard InChI is InChI=1S/C19H21NO/c1-14-12-17(13-16-8-4-3-5-9-16)18-10-6-7-11-19(18)20(14)15(2)21/h3-11,14,17H,12-13H2,1-2H3/t14-,17-/m1/s1. The Hall–Kier alpha value is -2.09. The summed E-state index contributed by atoms with van der Waals surface area (Å²) in [5.41, 5.74) is 3.75. The molecule has 2 atom stereocenters. The minimum Gasteiger partial charge on any atom is -0.310 e. The van der Waals surface area contributed by atoms with Crippen LogP contribution in [0.4, 0.5) is 5.69 Å². The van der Waals surface area contributed by atoms with Crippen LogP contribution in [0.15, 0.2) is 54.6 Å². The quantitative estimate of drug-likeness (QED) is 0.808. The van der Waals surface area contributed by atoms with Gasteiger partial charge in [-0.15, -0.1) is 0 Å². The Balaban J connectivity index is 1.96. The molecule has 0 saturated heterocycles. The predicted octanol–water partition coefficient (Wildman–Crippen LogP) is 4.16. The van der Waals surface area contributed by atoms with Gasteiger partial charge in [0, 0.05) is 18.7 Å². The fourth-order valence-electron chi connectivity index (χ4n) is 3.51. The van der Waals surface area contributed by atoms with Crippen molar-refractivity contribution in [2.24, 2.45) is 0 Å². The number of benzene rings is 2. The zero-order valence-corrected chi connectivity index (χ0v) is 12.6. The van der Waals surface area contributed by atoms with E-state index in [0.29, 0.717) is 5.92 Å². The summed E-state index contributed by atoms with van der Waals surface area (Å²) in [7, 11) is 0. The summed E-state index contributed by atoms with van der Waals surface area (Å²) in [6, 6.07) is 19.2. The van der Waals surface area contributed by atoms with Crippen molar-refractivity contribution in [2.75, 3.05) is 4.90 Å². The SMILES string of the molecule is CC(=O)N1c2ccccc2[C@@H](Cc2ccccc2)C[C@H]1C. The monoisotopic (exact) mass is 279 g/mol. The van der Waals surface area contributed by atoms with E-state index in [1.165, 1.54) is 11.1 Å². The lowest BCUT2D eigenvalue weighted by molar-refractivity contribution is -0.117. The molecule has 0 radical (unpaired) electrons. The van der Waals surface area contributed by atoms with Gasteiger partial charge in [0.1, 0.15) is 0 Å². The van der Waals surface area contributed by atoms with E-state index in [1.807, 2.05) is 11.0 Å². The summed E-state index contributed by atoms with van der Waals surface area (Å²) in [4.78, 5) is 13.9. The molecule has 0 unspecified atom stereocenters. The van der Waals surface area contributed by atoms with Crippen LogP contribution in [-0.4, -0.2) is 11.9 Å². The first-order chi connectivity index (χ1) is 10.2. The number of fused-ring (bicyclic) bond motifs is 1. The zero-order valence-electron chi connectivity index (χ0n) is 12.6. The van der Waals surface area contributed by atoms with Gasteiger partial charge >= 0.3 is 0 Å². The maximum atomic E-state index is 12.0.